The molecule has 0 aromatic heterocycles. The van der Waals surface area contributed by atoms with Crippen LogP contribution in [0.1, 0.15) is 13.8 Å². The average Bonchev–Trinajstić information content (AvgIpc) is 1.78. The van der Waals surface area contributed by atoms with Crippen LogP contribution in [0, 0.1) is 13.8 Å². The third kappa shape index (κ3) is 765. The van der Waals surface area contributed by atoms with Gasteiger partial charge in [-0.25, -0.2) is 0 Å². The Balaban J connectivity index is -0.00000000825. The fraction of sp³-hybridized carbons (Fsp3) is 0.400. The van der Waals surface area contributed by atoms with Crippen LogP contribution in [-0.4, -0.2) is 6.41 Å². The van der Waals surface area contributed by atoms with Crippen molar-refractivity contribution in [3.8, 4) is 0 Å². The summed E-state index contributed by atoms with van der Waals surface area (Å²) >= 11 is 0. The summed E-state index contributed by atoms with van der Waals surface area (Å²) in [5.41, 5.74) is 4.17. The number of rotatable bonds is 0. The van der Waals surface area contributed by atoms with Crippen LogP contribution < -0.4 is 5.73 Å². The van der Waals surface area contributed by atoms with Crippen LogP contribution in [0.3, 0.4) is 0 Å². The van der Waals surface area contributed by atoms with E-state index in [9.17, 15) is 0 Å². The van der Waals surface area contributed by atoms with E-state index in [1.807, 2.05) is 0 Å². The number of carbonyl (C=O) groups is 1. The number of carbonyl (C=O) groups excluding carboxylic acids is 1. The third-order valence-corrected chi connectivity index (χ3v) is 0. The van der Waals surface area contributed by atoms with Crippen molar-refractivity contribution < 1.29 is 43.8 Å². The first-order valence-corrected chi connectivity index (χ1v) is 1.98. The largest absolute Gasteiger partial charge is 0.372 e. The van der Waals surface area contributed by atoms with Crippen LogP contribution in [-0.2, 0) is 43.8 Å². The predicted molar refractivity (Wildman–Crippen MR) is 32.3 cm³/mol. The number of hydrogen-bond acceptors (Lipinski definition) is 1. The smallest absolute Gasteiger partial charge is 0.204 e. The second-order valence-electron chi connectivity index (χ2n) is 0.136. The molecule has 0 unspecified atom stereocenters. The van der Waals surface area contributed by atoms with Crippen LogP contribution in [0.5, 0.6) is 0 Å². The first-order valence-electron chi connectivity index (χ1n) is 1.98. The summed E-state index contributed by atoms with van der Waals surface area (Å²) < 4.78 is 0. The zero-order chi connectivity index (χ0) is 6.71. The standard InChI is InChI=1S/2C2H5.CH3NO.2Zn/c2*1-2;2-1-3;;/h2*1H2,2H3;1H,(H2,2,3);;/q2*-1;;;. The fourth-order valence-electron chi connectivity index (χ4n) is 0. The molecule has 0 saturated carbocycles. The molecule has 0 heterocycles. The van der Waals surface area contributed by atoms with Crippen LogP contribution in [0.2, 0.25) is 0 Å². The molecule has 0 aromatic carbocycles. The second-order valence-corrected chi connectivity index (χ2v) is 0.136. The molecule has 50 valence electrons. The van der Waals surface area contributed by atoms with E-state index in [4.69, 9.17) is 4.79 Å². The maximum Gasteiger partial charge on any atom is 0.204 e. The van der Waals surface area contributed by atoms with Gasteiger partial charge in [-0.05, 0) is 0 Å². The first kappa shape index (κ1) is 33.2. The van der Waals surface area contributed by atoms with Crippen molar-refractivity contribution in [1.82, 2.24) is 0 Å². The van der Waals surface area contributed by atoms with E-state index in [1.165, 1.54) is 0 Å². The summed E-state index contributed by atoms with van der Waals surface area (Å²) in [6, 6.07) is 0. The van der Waals surface area contributed by atoms with Crippen molar-refractivity contribution in [3.05, 3.63) is 13.8 Å². The fourth-order valence-corrected chi connectivity index (χ4v) is 0. The van der Waals surface area contributed by atoms with Gasteiger partial charge in [-0.1, -0.05) is 0 Å². The topological polar surface area (TPSA) is 43.1 Å². The minimum atomic E-state index is 0. The third-order valence-electron chi connectivity index (χ3n) is 0. The van der Waals surface area contributed by atoms with Crippen molar-refractivity contribution in [2.75, 3.05) is 0 Å². The number of nitrogens with two attached hydrogens (primary N) is 1. The normalized spacial score (nSPS) is 2.67. The molecule has 0 radical (unpaired) electrons. The SMILES string of the molecule is NC=O.[CH2-]C.[CH2-]C.[Zn].[Zn]. The maximum atomic E-state index is 8.58. The molecule has 9 heavy (non-hydrogen) atoms. The second kappa shape index (κ2) is 176. The Hall–Kier alpha value is 0.717. The van der Waals surface area contributed by atoms with Gasteiger partial charge in [0.1, 0.15) is 0 Å². The van der Waals surface area contributed by atoms with Crippen LogP contribution in [0.4, 0.5) is 0 Å². The number of hydrogen-bond donors (Lipinski definition) is 1. The van der Waals surface area contributed by atoms with Crippen LogP contribution in [0.15, 0.2) is 0 Å². The van der Waals surface area contributed by atoms with Gasteiger partial charge in [0.2, 0.25) is 6.41 Å². The molecule has 0 fully saturated rings. The zero-order valence-corrected chi connectivity index (χ0v) is 12.3. The quantitative estimate of drug-likeness (QED) is 0.375. The van der Waals surface area contributed by atoms with Crippen LogP contribution >= 0.6 is 0 Å². The molecular formula is C5H13NOZn2-2. The van der Waals surface area contributed by atoms with Gasteiger partial charge in [0.15, 0.2) is 0 Å². The minimum absolute atomic E-state index is 0. The molecule has 0 aliphatic carbocycles. The Morgan fingerprint density at radius 2 is 1.11 bits per heavy atom. The van der Waals surface area contributed by atoms with Gasteiger partial charge >= 0.3 is 0 Å². The van der Waals surface area contributed by atoms with Gasteiger partial charge in [0.25, 0.3) is 0 Å². The molecule has 2 N–H and O–H groups in total. The molecule has 0 aliphatic rings. The molecule has 0 saturated heterocycles. The maximum absolute atomic E-state index is 8.58. The van der Waals surface area contributed by atoms with Gasteiger partial charge in [0.05, 0.1) is 0 Å². The Labute approximate surface area is 83.5 Å². The molecule has 0 rings (SSSR count). The van der Waals surface area contributed by atoms with E-state index < -0.39 is 0 Å². The molecule has 0 spiro atoms. The van der Waals surface area contributed by atoms with Gasteiger partial charge in [-0.3, -0.25) is 4.79 Å². The molecule has 0 aromatic rings. The molecule has 0 atom stereocenters. The molecule has 2 nitrogen and oxygen atoms in total. The van der Waals surface area contributed by atoms with E-state index in [-0.39, 0.29) is 45.4 Å². The van der Waals surface area contributed by atoms with E-state index in [0.717, 1.165) is 0 Å². The van der Waals surface area contributed by atoms with Crippen molar-refractivity contribution in [3.63, 3.8) is 0 Å². The Morgan fingerprint density at radius 3 is 1.11 bits per heavy atom. The minimum Gasteiger partial charge on any atom is -0.372 e. The summed E-state index contributed by atoms with van der Waals surface area (Å²) in [6.07, 6.45) is 0.250. The summed E-state index contributed by atoms with van der Waals surface area (Å²) in [5.74, 6) is 0. The Kier molecular flexibility index (Phi) is 649. The summed E-state index contributed by atoms with van der Waals surface area (Å²) in [6.45, 7) is 10.0. The van der Waals surface area contributed by atoms with Crippen LogP contribution in [0.25, 0.3) is 0 Å². The Bertz CT molecular complexity index is 22.4. The van der Waals surface area contributed by atoms with Gasteiger partial charge in [-0.15, -0.1) is 0 Å². The van der Waals surface area contributed by atoms with E-state index in [2.05, 4.69) is 19.6 Å². The summed E-state index contributed by atoms with van der Waals surface area (Å²) in [4.78, 5) is 8.58. The molecule has 0 bridgehead atoms. The van der Waals surface area contributed by atoms with E-state index in [1.54, 1.807) is 13.8 Å². The van der Waals surface area contributed by atoms with Crippen molar-refractivity contribution in [1.29, 1.82) is 0 Å². The average molecular weight is 234 g/mol. The monoisotopic (exact) mass is 231 g/mol. The van der Waals surface area contributed by atoms with Crippen molar-refractivity contribution in [2.45, 2.75) is 13.8 Å². The van der Waals surface area contributed by atoms with E-state index in [0.29, 0.717) is 0 Å². The first-order chi connectivity index (χ1) is 3.41. The van der Waals surface area contributed by atoms with Crippen molar-refractivity contribution in [2.24, 2.45) is 5.73 Å². The van der Waals surface area contributed by atoms with Gasteiger partial charge < -0.3 is 19.6 Å². The number of amides is 1. The molecular weight excluding hydrogens is 221 g/mol. The van der Waals surface area contributed by atoms with Gasteiger partial charge in [0, 0.05) is 39.0 Å². The number of primary amides is 1. The Morgan fingerprint density at radius 1 is 1.11 bits per heavy atom. The van der Waals surface area contributed by atoms with Crippen molar-refractivity contribution >= 4 is 6.41 Å². The van der Waals surface area contributed by atoms with Gasteiger partial charge in [-0.2, -0.15) is 13.8 Å². The summed E-state index contributed by atoms with van der Waals surface area (Å²) in [5, 5.41) is 0. The zero-order valence-electron chi connectivity index (χ0n) is 6.39. The molecule has 0 aliphatic heterocycles. The molecule has 1 amide bonds. The summed E-state index contributed by atoms with van der Waals surface area (Å²) in [7, 11) is 0. The predicted octanol–water partition coefficient (Wildman–Crippen LogP) is 0.777. The van der Waals surface area contributed by atoms with E-state index >= 15 is 0 Å². The molecule has 4 heteroatoms.